The molecule has 0 N–H and O–H groups in total. The minimum atomic E-state index is -4.09. The highest BCUT2D eigenvalue weighted by Gasteiger charge is 2.25. The first-order valence-corrected chi connectivity index (χ1v) is 11.4. The molecule has 0 saturated heterocycles. The second kappa shape index (κ2) is 8.91. The fourth-order valence-electron chi connectivity index (χ4n) is 3.11. The highest BCUT2D eigenvalue weighted by atomic mass is 32.2. The molecule has 0 unspecified atom stereocenters. The van der Waals surface area contributed by atoms with Crippen LogP contribution in [0.25, 0.3) is 6.08 Å². The van der Waals surface area contributed by atoms with E-state index in [0.29, 0.717) is 11.1 Å². The Morgan fingerprint density at radius 2 is 1.52 bits per heavy atom. The number of hydrogen-bond acceptors (Lipinski definition) is 7. The molecular formula is C25H21NO6S. The molecule has 0 spiro atoms. The lowest BCUT2D eigenvalue weighted by Crippen LogP contribution is -2.10. The van der Waals surface area contributed by atoms with Gasteiger partial charge in [0.1, 0.15) is 4.90 Å². The van der Waals surface area contributed by atoms with Crippen molar-refractivity contribution in [1.29, 1.82) is 0 Å². The van der Waals surface area contributed by atoms with Gasteiger partial charge in [0, 0.05) is 5.56 Å². The summed E-state index contributed by atoms with van der Waals surface area (Å²) in [6.45, 7) is 3.82. The Morgan fingerprint density at radius 1 is 0.879 bits per heavy atom. The van der Waals surface area contributed by atoms with E-state index in [4.69, 9.17) is 13.7 Å². The van der Waals surface area contributed by atoms with E-state index in [2.05, 4.69) is 4.99 Å². The average Bonchev–Trinajstić information content (AvgIpc) is 3.14. The number of carbonyl (C=O) groups is 1. The summed E-state index contributed by atoms with van der Waals surface area (Å²) in [4.78, 5) is 16.6. The van der Waals surface area contributed by atoms with E-state index in [-0.39, 0.29) is 28.0 Å². The van der Waals surface area contributed by atoms with E-state index in [1.54, 1.807) is 24.3 Å². The second-order valence-electron chi connectivity index (χ2n) is 7.46. The number of esters is 1. The van der Waals surface area contributed by atoms with Crippen molar-refractivity contribution in [3.05, 3.63) is 94.7 Å². The monoisotopic (exact) mass is 463 g/mol. The van der Waals surface area contributed by atoms with Crippen molar-refractivity contribution < 1.29 is 26.9 Å². The molecule has 168 valence electrons. The van der Waals surface area contributed by atoms with Gasteiger partial charge in [0.2, 0.25) is 5.90 Å². The van der Waals surface area contributed by atoms with Gasteiger partial charge in [0.25, 0.3) is 0 Å². The maximum Gasteiger partial charge on any atom is 0.363 e. The van der Waals surface area contributed by atoms with Crippen molar-refractivity contribution in [2.75, 3.05) is 7.11 Å². The van der Waals surface area contributed by atoms with Crippen molar-refractivity contribution in [3.63, 3.8) is 0 Å². The Kier molecular flexibility index (Phi) is 6.02. The van der Waals surface area contributed by atoms with Gasteiger partial charge in [-0.1, -0.05) is 41.5 Å². The second-order valence-corrected chi connectivity index (χ2v) is 9.01. The highest BCUT2D eigenvalue weighted by molar-refractivity contribution is 7.87. The average molecular weight is 464 g/mol. The van der Waals surface area contributed by atoms with E-state index in [0.717, 1.165) is 11.1 Å². The lowest BCUT2D eigenvalue weighted by molar-refractivity contribution is -0.129. The topological polar surface area (TPSA) is 91.3 Å². The molecule has 0 aromatic heterocycles. The SMILES string of the molecule is COc1ccc(/C=C2/N=C(c3ccc(C)cc3)OC2=O)cc1OS(=O)(=O)c1ccc(C)cc1. The van der Waals surface area contributed by atoms with E-state index in [1.807, 2.05) is 38.1 Å². The van der Waals surface area contributed by atoms with Crippen LogP contribution in [0.3, 0.4) is 0 Å². The number of nitrogens with zero attached hydrogens (tertiary/aromatic N) is 1. The Labute approximate surface area is 192 Å². The predicted octanol–water partition coefficient (Wildman–Crippen LogP) is 4.42. The number of hydrogen-bond donors (Lipinski definition) is 0. The van der Waals surface area contributed by atoms with Crippen molar-refractivity contribution >= 4 is 28.1 Å². The van der Waals surface area contributed by atoms with Crippen LogP contribution in [0, 0.1) is 13.8 Å². The molecular weight excluding hydrogens is 442 g/mol. The molecule has 33 heavy (non-hydrogen) atoms. The van der Waals surface area contributed by atoms with Crippen molar-refractivity contribution in [2.24, 2.45) is 4.99 Å². The largest absolute Gasteiger partial charge is 0.493 e. The Morgan fingerprint density at radius 3 is 2.15 bits per heavy atom. The van der Waals surface area contributed by atoms with Crippen LogP contribution in [-0.2, 0) is 19.6 Å². The first-order valence-electron chi connectivity index (χ1n) is 10.0. The van der Waals surface area contributed by atoms with Gasteiger partial charge in [-0.25, -0.2) is 9.79 Å². The van der Waals surface area contributed by atoms with E-state index < -0.39 is 16.1 Å². The van der Waals surface area contributed by atoms with Gasteiger partial charge in [-0.05, 0) is 61.9 Å². The Hall–Kier alpha value is -3.91. The van der Waals surface area contributed by atoms with Crippen LogP contribution in [0.1, 0.15) is 22.3 Å². The maximum atomic E-state index is 12.7. The third-order valence-corrected chi connectivity index (χ3v) is 6.17. The molecule has 0 radical (unpaired) electrons. The molecule has 3 aromatic rings. The van der Waals surface area contributed by atoms with Crippen LogP contribution in [0.2, 0.25) is 0 Å². The van der Waals surface area contributed by atoms with Gasteiger partial charge >= 0.3 is 16.1 Å². The predicted molar refractivity (Wildman–Crippen MR) is 124 cm³/mol. The van der Waals surface area contributed by atoms with Crippen molar-refractivity contribution in [3.8, 4) is 11.5 Å². The molecule has 0 atom stereocenters. The summed E-state index contributed by atoms with van der Waals surface area (Å²) in [5, 5.41) is 0. The summed E-state index contributed by atoms with van der Waals surface area (Å²) in [6, 6.07) is 18.4. The Bertz CT molecular complexity index is 1370. The molecule has 0 saturated carbocycles. The quantitative estimate of drug-likeness (QED) is 0.305. The number of aliphatic imine (C=N–C) groups is 1. The maximum absolute atomic E-state index is 12.7. The van der Waals surface area contributed by atoms with Crippen LogP contribution >= 0.6 is 0 Å². The standard InChI is InChI=1S/C25H21NO6S/c1-16-4-9-19(10-5-16)24-26-21(25(27)31-24)14-18-8-13-22(30-3)23(15-18)32-33(28,29)20-11-6-17(2)7-12-20/h4-15H,1-3H3/b21-14+. The zero-order valence-corrected chi connectivity index (χ0v) is 19.0. The fraction of sp³-hybridized carbons (Fsp3) is 0.120. The molecule has 1 aliphatic rings. The number of aryl methyl sites for hydroxylation is 2. The number of ether oxygens (including phenoxy) is 2. The van der Waals surface area contributed by atoms with E-state index in [1.165, 1.54) is 31.4 Å². The molecule has 0 fully saturated rings. The molecule has 0 amide bonds. The first-order chi connectivity index (χ1) is 15.7. The van der Waals surface area contributed by atoms with Gasteiger partial charge in [0.05, 0.1) is 7.11 Å². The third kappa shape index (κ3) is 4.96. The molecule has 0 bridgehead atoms. The van der Waals surface area contributed by atoms with E-state index in [9.17, 15) is 13.2 Å². The molecule has 3 aromatic carbocycles. The molecule has 7 nitrogen and oxygen atoms in total. The lowest BCUT2D eigenvalue weighted by Gasteiger charge is -2.11. The summed E-state index contributed by atoms with van der Waals surface area (Å²) in [7, 11) is -2.68. The van der Waals surface area contributed by atoms with E-state index >= 15 is 0 Å². The van der Waals surface area contributed by atoms with Gasteiger partial charge in [-0.2, -0.15) is 8.42 Å². The minimum Gasteiger partial charge on any atom is -0.493 e. The molecule has 1 heterocycles. The summed E-state index contributed by atoms with van der Waals surface area (Å²) >= 11 is 0. The number of carbonyl (C=O) groups excluding carboxylic acids is 1. The fourth-order valence-corrected chi connectivity index (χ4v) is 4.04. The van der Waals surface area contributed by atoms with Crippen molar-refractivity contribution in [2.45, 2.75) is 18.7 Å². The van der Waals surface area contributed by atoms with Crippen LogP contribution in [0.15, 0.2) is 82.3 Å². The zero-order valence-electron chi connectivity index (χ0n) is 18.2. The lowest BCUT2D eigenvalue weighted by atomic mass is 10.1. The highest BCUT2D eigenvalue weighted by Crippen LogP contribution is 2.32. The Balaban J connectivity index is 1.65. The summed E-state index contributed by atoms with van der Waals surface area (Å²) < 4.78 is 41.3. The molecule has 8 heteroatoms. The first kappa shape index (κ1) is 22.3. The number of cyclic esters (lactones) is 1. The van der Waals surface area contributed by atoms with Gasteiger partial charge < -0.3 is 13.7 Å². The molecule has 1 aliphatic heterocycles. The van der Waals surface area contributed by atoms with Crippen molar-refractivity contribution in [1.82, 2.24) is 0 Å². The zero-order chi connectivity index (χ0) is 23.6. The molecule has 4 rings (SSSR count). The van der Waals surface area contributed by atoms with Crippen LogP contribution in [0.5, 0.6) is 11.5 Å². The molecule has 0 aliphatic carbocycles. The van der Waals surface area contributed by atoms with Crippen LogP contribution in [0.4, 0.5) is 0 Å². The van der Waals surface area contributed by atoms with Gasteiger partial charge in [0.15, 0.2) is 17.2 Å². The third-order valence-electron chi connectivity index (χ3n) is 4.92. The number of rotatable bonds is 6. The van der Waals surface area contributed by atoms with Gasteiger partial charge in [-0.3, -0.25) is 0 Å². The van der Waals surface area contributed by atoms with Gasteiger partial charge in [-0.15, -0.1) is 0 Å². The summed E-state index contributed by atoms with van der Waals surface area (Å²) in [5.74, 6) is -0.179. The normalized spacial score (nSPS) is 14.7. The number of benzene rings is 3. The van der Waals surface area contributed by atoms with Crippen LogP contribution < -0.4 is 8.92 Å². The smallest absolute Gasteiger partial charge is 0.363 e. The minimum absolute atomic E-state index is 0.0125. The van der Waals surface area contributed by atoms with Crippen LogP contribution in [-0.4, -0.2) is 27.4 Å². The summed E-state index contributed by atoms with van der Waals surface area (Å²) in [6.07, 6.45) is 1.49. The summed E-state index contributed by atoms with van der Waals surface area (Å²) in [5.41, 5.74) is 3.26. The number of methoxy groups -OCH3 is 1.